The van der Waals surface area contributed by atoms with Crippen LogP contribution in [0.4, 0.5) is 0 Å². The molecule has 0 aliphatic rings. The summed E-state index contributed by atoms with van der Waals surface area (Å²) in [7, 11) is 6.64. The third-order valence-electron chi connectivity index (χ3n) is 4.42. The molecule has 5 heteroatoms. The fourth-order valence-electron chi connectivity index (χ4n) is 2.99. The average Bonchev–Trinajstić information content (AvgIpc) is 2.51. The second kappa shape index (κ2) is 25.7. The molecule has 0 saturated heterocycles. The number of hydrogen-bond donors (Lipinski definition) is 2. The second-order valence-corrected chi connectivity index (χ2v) is 8.47. The van der Waals surface area contributed by atoms with Crippen LogP contribution in [0.25, 0.3) is 0 Å². The zero-order valence-electron chi connectivity index (χ0n) is 19.3. The van der Waals surface area contributed by atoms with Crippen LogP contribution in [-0.2, 0) is 4.79 Å². The van der Waals surface area contributed by atoms with Crippen molar-refractivity contribution in [1.82, 2.24) is 6.15 Å². The number of unbranched alkanes of at least 4 members (excludes halogenated alkanes) is 12. The number of primary amides is 1. The summed E-state index contributed by atoms with van der Waals surface area (Å²) in [4.78, 5) is 10.5. The lowest BCUT2D eigenvalue weighted by molar-refractivity contribution is -0.870. The van der Waals surface area contributed by atoms with E-state index in [0.717, 1.165) is 10.9 Å². The Morgan fingerprint density at radius 3 is 1.22 bits per heavy atom. The van der Waals surface area contributed by atoms with E-state index >= 15 is 0 Å². The van der Waals surface area contributed by atoms with E-state index in [4.69, 9.17) is 5.73 Å². The van der Waals surface area contributed by atoms with Gasteiger partial charge in [0, 0.05) is 6.42 Å². The van der Waals surface area contributed by atoms with Crippen molar-refractivity contribution < 1.29 is 21.7 Å². The predicted molar refractivity (Wildman–Crippen MR) is 118 cm³/mol. The monoisotopic (exact) mass is 409 g/mol. The lowest BCUT2D eigenvalue weighted by Crippen LogP contribution is -3.00. The van der Waals surface area contributed by atoms with Crippen molar-refractivity contribution in [2.75, 3.05) is 27.7 Å². The SMILES string of the molecule is CCCCCCCCCCCCCCCC(N)=O.CCC[N+](C)(C)C.N.[Cl-]. The highest BCUT2D eigenvalue weighted by molar-refractivity contribution is 5.73. The van der Waals surface area contributed by atoms with Gasteiger partial charge < -0.3 is 28.8 Å². The van der Waals surface area contributed by atoms with E-state index in [-0.39, 0.29) is 24.5 Å². The van der Waals surface area contributed by atoms with Crippen molar-refractivity contribution in [2.45, 2.75) is 110 Å². The van der Waals surface area contributed by atoms with E-state index < -0.39 is 0 Å². The van der Waals surface area contributed by atoms with E-state index in [0.29, 0.717) is 6.42 Å². The topological polar surface area (TPSA) is 78.1 Å². The summed E-state index contributed by atoms with van der Waals surface area (Å²) in [6, 6.07) is 0. The van der Waals surface area contributed by atoms with Gasteiger partial charge in [0.1, 0.15) is 0 Å². The summed E-state index contributed by atoms with van der Waals surface area (Å²) in [5.41, 5.74) is 5.09. The Hall–Kier alpha value is -0.320. The van der Waals surface area contributed by atoms with Gasteiger partial charge in [0.05, 0.1) is 27.7 Å². The van der Waals surface area contributed by atoms with Crippen LogP contribution >= 0.6 is 0 Å². The van der Waals surface area contributed by atoms with Crippen molar-refractivity contribution in [1.29, 1.82) is 0 Å². The molecule has 0 atom stereocenters. The molecule has 0 spiro atoms. The lowest BCUT2D eigenvalue weighted by atomic mass is 10.0. The Morgan fingerprint density at radius 2 is 1.00 bits per heavy atom. The smallest absolute Gasteiger partial charge is 0.217 e. The van der Waals surface area contributed by atoms with E-state index in [1.165, 1.54) is 90.0 Å². The molecule has 0 bridgehead atoms. The van der Waals surface area contributed by atoms with Crippen LogP contribution in [-0.4, -0.2) is 38.1 Å². The maximum atomic E-state index is 10.5. The number of carbonyl (C=O) groups excluding carboxylic acids is 1. The molecule has 0 fully saturated rings. The maximum Gasteiger partial charge on any atom is 0.217 e. The molecular weight excluding hydrogens is 358 g/mol. The molecule has 0 aromatic heterocycles. The Kier molecular flexibility index (Phi) is 32.5. The Morgan fingerprint density at radius 1 is 0.667 bits per heavy atom. The van der Waals surface area contributed by atoms with Gasteiger partial charge in [-0.05, 0) is 12.8 Å². The summed E-state index contributed by atoms with van der Waals surface area (Å²) in [5, 5.41) is 0. The van der Waals surface area contributed by atoms with Crippen LogP contribution in [0, 0.1) is 0 Å². The van der Waals surface area contributed by atoms with Crippen LogP contribution in [0.5, 0.6) is 0 Å². The van der Waals surface area contributed by atoms with E-state index in [1.807, 2.05) is 0 Å². The number of halogens is 1. The fraction of sp³-hybridized carbons (Fsp3) is 0.955. The first kappa shape index (κ1) is 34.2. The van der Waals surface area contributed by atoms with Gasteiger partial charge >= 0.3 is 0 Å². The molecule has 0 rings (SSSR count). The number of quaternary nitrogens is 1. The van der Waals surface area contributed by atoms with Crippen molar-refractivity contribution in [3.63, 3.8) is 0 Å². The molecule has 27 heavy (non-hydrogen) atoms. The number of amides is 1. The Bertz CT molecular complexity index is 281. The minimum absolute atomic E-state index is 0. The van der Waals surface area contributed by atoms with E-state index in [9.17, 15) is 4.79 Å². The predicted octanol–water partition coefficient (Wildman–Crippen LogP) is 3.22. The number of carbonyl (C=O) groups is 1. The fourth-order valence-corrected chi connectivity index (χ4v) is 2.99. The van der Waals surface area contributed by atoms with Crippen LogP contribution in [0.2, 0.25) is 0 Å². The number of nitrogens with two attached hydrogens (primary N) is 1. The standard InChI is InChI=1S/C16H33NO.C6H16N.ClH.H3N/c1-2-3-4-5-6-7-8-9-10-11-12-13-14-15-16(17)18;1-5-6-7(2,3)4;;/h2-15H2,1H3,(H2,17,18);5-6H2,1-4H3;1H;1H3/q;+1;;/p-1. The molecule has 0 saturated carbocycles. The molecule has 0 aliphatic heterocycles. The Balaban J connectivity index is -0.000000252. The van der Waals surface area contributed by atoms with Crippen molar-refractivity contribution in [2.24, 2.45) is 5.73 Å². The number of rotatable bonds is 16. The maximum absolute atomic E-state index is 10.5. The molecule has 5 N–H and O–H groups in total. The third kappa shape index (κ3) is 41.3. The minimum atomic E-state index is -0.155. The summed E-state index contributed by atoms with van der Waals surface area (Å²) in [6.07, 6.45) is 19.2. The summed E-state index contributed by atoms with van der Waals surface area (Å²) in [6.45, 7) is 5.76. The first-order valence-electron chi connectivity index (χ1n) is 10.9. The van der Waals surface area contributed by atoms with Gasteiger partial charge in [0.25, 0.3) is 0 Å². The van der Waals surface area contributed by atoms with Gasteiger partial charge in [0.15, 0.2) is 0 Å². The van der Waals surface area contributed by atoms with Gasteiger partial charge in [-0.25, -0.2) is 0 Å². The van der Waals surface area contributed by atoms with E-state index in [1.54, 1.807) is 0 Å². The van der Waals surface area contributed by atoms with Gasteiger partial charge in [-0.1, -0.05) is 90.9 Å². The third-order valence-corrected chi connectivity index (χ3v) is 4.42. The van der Waals surface area contributed by atoms with Crippen molar-refractivity contribution in [3.8, 4) is 0 Å². The van der Waals surface area contributed by atoms with Gasteiger partial charge in [-0.3, -0.25) is 4.79 Å². The van der Waals surface area contributed by atoms with E-state index in [2.05, 4.69) is 35.0 Å². The first-order valence-corrected chi connectivity index (χ1v) is 10.9. The Labute approximate surface area is 177 Å². The largest absolute Gasteiger partial charge is 1.00 e. The minimum Gasteiger partial charge on any atom is -1.00 e. The van der Waals surface area contributed by atoms with Gasteiger partial charge in [-0.15, -0.1) is 0 Å². The van der Waals surface area contributed by atoms with Gasteiger partial charge in [-0.2, -0.15) is 0 Å². The van der Waals surface area contributed by atoms with Crippen LogP contribution < -0.4 is 24.3 Å². The van der Waals surface area contributed by atoms with Crippen molar-refractivity contribution in [3.05, 3.63) is 0 Å². The highest BCUT2D eigenvalue weighted by atomic mass is 35.5. The number of nitrogens with zero attached hydrogens (tertiary/aromatic N) is 1. The molecule has 0 unspecified atom stereocenters. The zero-order chi connectivity index (χ0) is 19.4. The number of hydrogen-bond acceptors (Lipinski definition) is 2. The quantitative estimate of drug-likeness (QED) is 0.303. The first-order chi connectivity index (χ1) is 11.8. The van der Waals surface area contributed by atoms with Crippen LogP contribution in [0.3, 0.4) is 0 Å². The van der Waals surface area contributed by atoms with Crippen LogP contribution in [0.1, 0.15) is 110 Å². The molecular formula is C22H52ClN3O. The summed E-state index contributed by atoms with van der Waals surface area (Å²) in [5.74, 6) is -0.155. The highest BCUT2D eigenvalue weighted by Crippen LogP contribution is 2.12. The average molecular weight is 410 g/mol. The molecule has 168 valence electrons. The second-order valence-electron chi connectivity index (χ2n) is 8.47. The summed E-state index contributed by atoms with van der Waals surface area (Å²) >= 11 is 0. The molecule has 0 radical (unpaired) electrons. The molecule has 0 aromatic carbocycles. The van der Waals surface area contributed by atoms with Crippen LogP contribution in [0.15, 0.2) is 0 Å². The molecule has 4 nitrogen and oxygen atoms in total. The highest BCUT2D eigenvalue weighted by Gasteiger charge is 2.01. The molecule has 0 heterocycles. The lowest BCUT2D eigenvalue weighted by Gasteiger charge is -2.22. The molecule has 0 aromatic rings. The van der Waals surface area contributed by atoms with Gasteiger partial charge in [0.2, 0.25) is 5.91 Å². The molecule has 0 aliphatic carbocycles. The zero-order valence-corrected chi connectivity index (χ0v) is 20.1. The summed E-state index contributed by atoms with van der Waals surface area (Å²) < 4.78 is 1.09. The molecule has 1 amide bonds. The normalized spacial score (nSPS) is 10.3. The van der Waals surface area contributed by atoms with Crippen molar-refractivity contribution >= 4 is 5.91 Å².